The first kappa shape index (κ1) is 24.8. The van der Waals surface area contributed by atoms with Gasteiger partial charge >= 0.3 is 12.1 Å². The number of ether oxygens (including phenoxy) is 1. The molecule has 0 aromatic heterocycles. The van der Waals surface area contributed by atoms with E-state index in [1.165, 1.54) is 11.1 Å². The molecule has 1 fully saturated rings. The molecule has 2 amide bonds. The molecule has 0 radical (unpaired) electrons. The molecule has 0 spiro atoms. The normalized spacial score (nSPS) is 19.7. The number of carboxylic acid groups (broad SMARTS) is 1. The Bertz CT molecular complexity index is 1050. The van der Waals surface area contributed by atoms with Crippen LogP contribution < -0.4 is 5.32 Å². The van der Waals surface area contributed by atoms with Gasteiger partial charge in [-0.05, 0) is 41.0 Å². The summed E-state index contributed by atoms with van der Waals surface area (Å²) in [5.41, 5.74) is 3.85. The van der Waals surface area contributed by atoms with Crippen LogP contribution in [-0.4, -0.2) is 54.2 Å². The molecule has 186 valence electrons. The minimum absolute atomic E-state index is 0.0000551. The number of rotatable bonds is 9. The number of fused-ring (bicyclic) bond motifs is 3. The van der Waals surface area contributed by atoms with Crippen LogP contribution in [0, 0.1) is 11.3 Å². The number of carbonyl (C=O) groups excluding carboxylic acids is 2. The number of likely N-dealkylation sites (tertiary alicyclic amines) is 1. The highest BCUT2D eigenvalue weighted by Crippen LogP contribution is 2.44. The molecule has 0 bridgehead atoms. The monoisotopic (exact) mass is 478 g/mol. The molecule has 1 aliphatic carbocycles. The zero-order chi connectivity index (χ0) is 25.0. The summed E-state index contributed by atoms with van der Waals surface area (Å²) in [5.74, 6) is -0.973. The zero-order valence-electron chi connectivity index (χ0n) is 20.5. The Kier molecular flexibility index (Phi) is 7.43. The van der Waals surface area contributed by atoms with E-state index in [2.05, 4.69) is 29.6 Å². The van der Waals surface area contributed by atoms with Crippen LogP contribution in [0.1, 0.15) is 56.6 Å². The third kappa shape index (κ3) is 5.19. The minimum atomic E-state index is -0.826. The van der Waals surface area contributed by atoms with Gasteiger partial charge in [0.2, 0.25) is 5.91 Å². The van der Waals surface area contributed by atoms with Crippen molar-refractivity contribution in [3.63, 3.8) is 0 Å². The predicted octanol–water partition coefficient (Wildman–Crippen LogP) is 4.65. The van der Waals surface area contributed by atoms with E-state index in [-0.39, 0.29) is 37.3 Å². The van der Waals surface area contributed by atoms with Gasteiger partial charge in [0.05, 0.1) is 5.41 Å². The van der Waals surface area contributed by atoms with Crippen molar-refractivity contribution < 1.29 is 24.2 Å². The van der Waals surface area contributed by atoms with E-state index in [4.69, 9.17) is 4.74 Å². The van der Waals surface area contributed by atoms with Gasteiger partial charge in [0, 0.05) is 32.0 Å². The number of benzene rings is 2. The van der Waals surface area contributed by atoms with Crippen molar-refractivity contribution in [2.75, 3.05) is 26.2 Å². The van der Waals surface area contributed by atoms with Gasteiger partial charge < -0.3 is 20.1 Å². The van der Waals surface area contributed by atoms with Crippen molar-refractivity contribution in [3.05, 3.63) is 59.7 Å². The Balaban J connectivity index is 1.25. The molecule has 4 rings (SSSR count). The molecule has 2 atom stereocenters. The van der Waals surface area contributed by atoms with Gasteiger partial charge in [0.25, 0.3) is 0 Å². The lowest BCUT2D eigenvalue weighted by Crippen LogP contribution is -2.38. The quantitative estimate of drug-likeness (QED) is 0.547. The first-order valence-corrected chi connectivity index (χ1v) is 12.4. The molecule has 1 aliphatic heterocycles. The molecule has 1 saturated heterocycles. The van der Waals surface area contributed by atoms with Crippen molar-refractivity contribution in [1.82, 2.24) is 10.2 Å². The van der Waals surface area contributed by atoms with E-state index >= 15 is 0 Å². The summed E-state index contributed by atoms with van der Waals surface area (Å²) in [6.07, 6.45) is 1.60. The maximum atomic E-state index is 12.7. The van der Waals surface area contributed by atoms with E-state index in [0.29, 0.717) is 25.9 Å². The summed E-state index contributed by atoms with van der Waals surface area (Å²) in [4.78, 5) is 38.6. The highest BCUT2D eigenvalue weighted by molar-refractivity contribution is 5.81. The number of amides is 2. The van der Waals surface area contributed by atoms with Crippen LogP contribution in [0.4, 0.5) is 4.79 Å². The van der Waals surface area contributed by atoms with E-state index in [1.807, 2.05) is 38.1 Å². The highest BCUT2D eigenvalue weighted by atomic mass is 16.5. The summed E-state index contributed by atoms with van der Waals surface area (Å²) in [6.45, 7) is 5.16. The van der Waals surface area contributed by atoms with Crippen LogP contribution in [0.3, 0.4) is 0 Å². The van der Waals surface area contributed by atoms with Crippen molar-refractivity contribution in [3.8, 4) is 11.1 Å². The number of nitrogens with zero attached hydrogens (tertiary/aromatic N) is 1. The average molecular weight is 479 g/mol. The average Bonchev–Trinajstić information content (AvgIpc) is 3.42. The number of carboxylic acids is 1. The summed E-state index contributed by atoms with van der Waals surface area (Å²) >= 11 is 0. The van der Waals surface area contributed by atoms with Gasteiger partial charge in [-0.3, -0.25) is 9.59 Å². The standard InChI is InChI=1S/C28H34N2O5/c1-3-12-28(26(32)33)13-14-30(18-28)25(31)15-19(2)16-29-27(34)35-17-24-22-10-6-4-8-20(22)21-9-5-7-11-23(21)24/h4-11,19,24H,3,12-18H2,1-2H3,(H,29,34)(H,32,33). The van der Waals surface area contributed by atoms with E-state index in [0.717, 1.165) is 17.5 Å². The molecule has 1 heterocycles. The fourth-order valence-corrected chi connectivity index (χ4v) is 5.46. The van der Waals surface area contributed by atoms with Gasteiger partial charge in [0.15, 0.2) is 0 Å². The summed E-state index contributed by atoms with van der Waals surface area (Å²) in [7, 11) is 0. The molecule has 2 aromatic carbocycles. The van der Waals surface area contributed by atoms with Gasteiger partial charge in [-0.15, -0.1) is 0 Å². The fourth-order valence-electron chi connectivity index (χ4n) is 5.46. The molecular formula is C28H34N2O5. The Hall–Kier alpha value is -3.35. The lowest BCUT2D eigenvalue weighted by atomic mass is 9.83. The van der Waals surface area contributed by atoms with Crippen LogP contribution in [0.25, 0.3) is 11.1 Å². The second kappa shape index (κ2) is 10.5. The number of nitrogens with one attached hydrogen (secondary N) is 1. The molecule has 7 nitrogen and oxygen atoms in total. The van der Waals surface area contributed by atoms with E-state index in [1.54, 1.807) is 4.90 Å². The summed E-state index contributed by atoms with van der Waals surface area (Å²) < 4.78 is 5.56. The van der Waals surface area contributed by atoms with Gasteiger partial charge in [0.1, 0.15) is 6.61 Å². The van der Waals surface area contributed by atoms with Gasteiger partial charge in [-0.2, -0.15) is 0 Å². The van der Waals surface area contributed by atoms with Crippen LogP contribution in [0.15, 0.2) is 48.5 Å². The second-order valence-electron chi connectivity index (χ2n) is 9.92. The smallest absolute Gasteiger partial charge is 0.407 e. The molecule has 7 heteroatoms. The maximum absolute atomic E-state index is 12.7. The lowest BCUT2D eigenvalue weighted by molar-refractivity contribution is -0.149. The SMILES string of the molecule is CCCC1(C(=O)O)CCN(C(=O)CC(C)CNC(=O)OCC2c3ccccc3-c3ccccc32)C1. The number of alkyl carbamates (subject to hydrolysis) is 1. The van der Waals surface area contributed by atoms with Crippen molar-refractivity contribution in [1.29, 1.82) is 0 Å². The summed E-state index contributed by atoms with van der Waals surface area (Å²) in [5, 5.41) is 12.4. The Labute approximate surface area is 206 Å². The Morgan fingerprint density at radius 2 is 1.74 bits per heavy atom. The third-order valence-electron chi connectivity index (χ3n) is 7.35. The largest absolute Gasteiger partial charge is 0.481 e. The van der Waals surface area contributed by atoms with Crippen LogP contribution in [0.5, 0.6) is 0 Å². The number of hydrogen-bond acceptors (Lipinski definition) is 4. The van der Waals surface area contributed by atoms with Gasteiger partial charge in [-0.25, -0.2) is 4.79 Å². The van der Waals surface area contributed by atoms with Crippen molar-refractivity contribution >= 4 is 18.0 Å². The van der Waals surface area contributed by atoms with Crippen molar-refractivity contribution in [2.24, 2.45) is 11.3 Å². The minimum Gasteiger partial charge on any atom is -0.481 e. The molecular weight excluding hydrogens is 444 g/mol. The second-order valence-corrected chi connectivity index (χ2v) is 9.92. The number of aliphatic carboxylic acids is 1. The predicted molar refractivity (Wildman–Crippen MR) is 133 cm³/mol. The first-order chi connectivity index (χ1) is 16.8. The zero-order valence-corrected chi connectivity index (χ0v) is 20.5. The molecule has 2 unspecified atom stereocenters. The fraction of sp³-hybridized carbons (Fsp3) is 0.464. The maximum Gasteiger partial charge on any atom is 0.407 e. The first-order valence-electron chi connectivity index (χ1n) is 12.4. The van der Waals surface area contributed by atoms with Crippen molar-refractivity contribution in [2.45, 2.75) is 45.4 Å². The Morgan fingerprint density at radius 1 is 1.11 bits per heavy atom. The highest BCUT2D eigenvalue weighted by Gasteiger charge is 2.45. The number of carbonyl (C=O) groups is 3. The van der Waals surface area contributed by atoms with Crippen LogP contribution in [0.2, 0.25) is 0 Å². The van der Waals surface area contributed by atoms with Crippen LogP contribution >= 0.6 is 0 Å². The topological polar surface area (TPSA) is 95.9 Å². The third-order valence-corrected chi connectivity index (χ3v) is 7.35. The van der Waals surface area contributed by atoms with Crippen LogP contribution in [-0.2, 0) is 14.3 Å². The Morgan fingerprint density at radius 3 is 2.34 bits per heavy atom. The van der Waals surface area contributed by atoms with Gasteiger partial charge in [-0.1, -0.05) is 68.8 Å². The number of hydrogen-bond donors (Lipinski definition) is 2. The molecule has 0 saturated carbocycles. The van der Waals surface area contributed by atoms with E-state index < -0.39 is 17.5 Å². The summed E-state index contributed by atoms with van der Waals surface area (Å²) in [6, 6.07) is 16.4. The lowest BCUT2D eigenvalue weighted by Gasteiger charge is -2.25. The van der Waals surface area contributed by atoms with E-state index in [9.17, 15) is 19.5 Å². The molecule has 2 N–H and O–H groups in total. The molecule has 35 heavy (non-hydrogen) atoms. The molecule has 2 aliphatic rings. The molecule has 2 aromatic rings.